The second kappa shape index (κ2) is 9.88. The topological polar surface area (TPSA) is 47.9 Å². The predicted octanol–water partition coefficient (Wildman–Crippen LogP) is 4.97. The van der Waals surface area contributed by atoms with Gasteiger partial charge in [0.15, 0.2) is 8.32 Å². The molecule has 5 heteroatoms. The molecular weight excluding hydrogens is 344 g/mol. The molecule has 0 unspecified atom stereocenters. The van der Waals surface area contributed by atoms with Crippen LogP contribution in [-0.2, 0) is 13.9 Å². The molecule has 26 heavy (non-hydrogen) atoms. The van der Waals surface area contributed by atoms with Crippen molar-refractivity contribution in [1.29, 1.82) is 0 Å². The van der Waals surface area contributed by atoms with Crippen molar-refractivity contribution in [3.63, 3.8) is 0 Å². The van der Waals surface area contributed by atoms with Gasteiger partial charge in [-0.05, 0) is 56.5 Å². The van der Waals surface area contributed by atoms with Crippen molar-refractivity contribution in [1.82, 2.24) is 0 Å². The molecule has 1 aliphatic heterocycles. The van der Waals surface area contributed by atoms with Crippen LogP contribution < -0.4 is 0 Å². The molecule has 0 spiro atoms. The molecule has 0 aromatic heterocycles. The summed E-state index contributed by atoms with van der Waals surface area (Å²) in [6, 6.07) is 0. The van der Waals surface area contributed by atoms with Crippen LogP contribution in [0.2, 0.25) is 18.1 Å². The maximum Gasteiger partial charge on any atom is 0.192 e. The summed E-state index contributed by atoms with van der Waals surface area (Å²) in [5.74, 6) is 0.681. The van der Waals surface area contributed by atoms with Gasteiger partial charge in [-0.15, -0.1) is 0 Å². The lowest BCUT2D eigenvalue weighted by Crippen LogP contribution is -2.49. The van der Waals surface area contributed by atoms with Gasteiger partial charge in [0.05, 0.1) is 25.9 Å². The van der Waals surface area contributed by atoms with E-state index in [1.165, 1.54) is 5.57 Å². The standard InChI is InChI=1S/C21H38O4Si/c1-9-17(23-6)14-18-13-16(2)11-10-12-19(20(15-22)24-18)25-26(7,8)21(3,4)5/h9,11,14,18-20,22H,1,10,12-13,15H2,2-8H3/b16-11-,17-14-/t18-,19-,20-/m1/s1. The van der Waals surface area contributed by atoms with Crippen molar-refractivity contribution in [2.24, 2.45) is 0 Å². The third-order valence-corrected chi connectivity index (χ3v) is 9.95. The summed E-state index contributed by atoms with van der Waals surface area (Å²) in [5, 5.41) is 10.1. The minimum Gasteiger partial charge on any atom is -0.497 e. The Bertz CT molecular complexity index is 517. The van der Waals surface area contributed by atoms with Gasteiger partial charge in [-0.25, -0.2) is 0 Å². The van der Waals surface area contributed by atoms with Gasteiger partial charge in [-0.1, -0.05) is 39.0 Å². The summed E-state index contributed by atoms with van der Waals surface area (Å²) >= 11 is 0. The number of hydrogen-bond acceptors (Lipinski definition) is 4. The van der Waals surface area contributed by atoms with E-state index in [9.17, 15) is 5.11 Å². The number of hydrogen-bond donors (Lipinski definition) is 1. The summed E-state index contributed by atoms with van der Waals surface area (Å²) in [6.07, 6.45) is 7.76. The van der Waals surface area contributed by atoms with Crippen molar-refractivity contribution in [3.05, 3.63) is 36.1 Å². The summed E-state index contributed by atoms with van der Waals surface area (Å²) in [7, 11) is -0.335. The second-order valence-corrected chi connectivity index (χ2v) is 13.4. The molecule has 0 aliphatic carbocycles. The average molecular weight is 383 g/mol. The third kappa shape index (κ3) is 6.69. The molecule has 1 heterocycles. The average Bonchev–Trinajstić information content (AvgIpc) is 2.60. The smallest absolute Gasteiger partial charge is 0.192 e. The van der Waals surface area contributed by atoms with Crippen molar-refractivity contribution in [2.75, 3.05) is 13.7 Å². The summed E-state index contributed by atoms with van der Waals surface area (Å²) < 4.78 is 18.2. The zero-order valence-electron chi connectivity index (χ0n) is 17.7. The quantitative estimate of drug-likeness (QED) is 0.305. The van der Waals surface area contributed by atoms with Gasteiger partial charge in [0.2, 0.25) is 0 Å². The third-order valence-electron chi connectivity index (χ3n) is 5.45. The fourth-order valence-corrected chi connectivity index (χ4v) is 4.17. The number of aliphatic hydroxyl groups excluding tert-OH is 1. The first-order valence-corrected chi connectivity index (χ1v) is 12.4. The van der Waals surface area contributed by atoms with Crippen molar-refractivity contribution in [3.8, 4) is 0 Å². The Kier molecular flexibility index (Phi) is 8.80. The minimum absolute atomic E-state index is 0.0565. The van der Waals surface area contributed by atoms with Crippen LogP contribution in [0.3, 0.4) is 0 Å². The Morgan fingerprint density at radius 2 is 2.08 bits per heavy atom. The Balaban J connectivity index is 3.10. The van der Waals surface area contributed by atoms with Gasteiger partial charge in [0, 0.05) is 0 Å². The number of rotatable bonds is 6. The molecule has 0 saturated carbocycles. The van der Waals surface area contributed by atoms with Crippen molar-refractivity contribution in [2.45, 2.75) is 83.4 Å². The van der Waals surface area contributed by atoms with Gasteiger partial charge in [-0.3, -0.25) is 0 Å². The van der Waals surface area contributed by atoms with Crippen LogP contribution in [-0.4, -0.2) is 45.5 Å². The highest BCUT2D eigenvalue weighted by Crippen LogP contribution is 2.38. The molecule has 0 fully saturated rings. The first kappa shape index (κ1) is 23.2. The van der Waals surface area contributed by atoms with Crippen LogP contribution in [0.4, 0.5) is 0 Å². The Labute approximate surface area is 161 Å². The van der Waals surface area contributed by atoms with E-state index < -0.39 is 8.32 Å². The monoisotopic (exact) mass is 382 g/mol. The molecule has 0 aromatic rings. The molecule has 4 nitrogen and oxygen atoms in total. The van der Waals surface area contributed by atoms with Crippen LogP contribution in [0.25, 0.3) is 0 Å². The van der Waals surface area contributed by atoms with Gasteiger partial charge < -0.3 is 19.0 Å². The number of aliphatic hydroxyl groups is 1. The van der Waals surface area contributed by atoms with E-state index in [2.05, 4.69) is 53.4 Å². The highest BCUT2D eigenvalue weighted by atomic mass is 28.4. The van der Waals surface area contributed by atoms with Crippen molar-refractivity contribution >= 4 is 8.32 Å². The molecular formula is C21H38O4Si. The highest BCUT2D eigenvalue weighted by molar-refractivity contribution is 6.74. The molecule has 0 aromatic carbocycles. The van der Waals surface area contributed by atoms with E-state index in [4.69, 9.17) is 13.9 Å². The fraction of sp³-hybridized carbons (Fsp3) is 0.714. The Morgan fingerprint density at radius 3 is 2.58 bits per heavy atom. The SMILES string of the molecule is C=C/C(=C/[C@H]1C/C(C)=C\CC[C@@H](O[Si](C)(C)C(C)(C)C)[C@@H](CO)O1)OC. The predicted molar refractivity (Wildman–Crippen MR) is 111 cm³/mol. The lowest BCUT2D eigenvalue weighted by molar-refractivity contribution is -0.0803. The van der Waals surface area contributed by atoms with E-state index in [1.54, 1.807) is 13.2 Å². The largest absolute Gasteiger partial charge is 0.497 e. The molecule has 0 amide bonds. The van der Waals surface area contributed by atoms with E-state index in [0.29, 0.717) is 5.76 Å². The number of methoxy groups -OCH3 is 1. The van der Waals surface area contributed by atoms with Crippen LogP contribution in [0, 0.1) is 0 Å². The van der Waals surface area contributed by atoms with E-state index in [-0.39, 0.29) is 30.0 Å². The molecule has 1 N–H and O–H groups in total. The molecule has 0 saturated heterocycles. The lowest BCUT2D eigenvalue weighted by Gasteiger charge is -2.41. The van der Waals surface area contributed by atoms with Gasteiger partial charge in [0.1, 0.15) is 11.9 Å². The zero-order valence-corrected chi connectivity index (χ0v) is 18.7. The molecule has 0 radical (unpaired) electrons. The fourth-order valence-electron chi connectivity index (χ4n) is 2.79. The van der Waals surface area contributed by atoms with Gasteiger partial charge in [-0.2, -0.15) is 0 Å². The van der Waals surface area contributed by atoms with Gasteiger partial charge >= 0.3 is 0 Å². The Hall–Kier alpha value is -0.883. The summed E-state index contributed by atoms with van der Waals surface area (Å²) in [4.78, 5) is 0. The van der Waals surface area contributed by atoms with Crippen LogP contribution in [0.5, 0.6) is 0 Å². The maximum absolute atomic E-state index is 10.0. The first-order valence-electron chi connectivity index (χ1n) is 9.52. The van der Waals surface area contributed by atoms with Crippen LogP contribution in [0.1, 0.15) is 47.0 Å². The van der Waals surface area contributed by atoms with Crippen LogP contribution in [0.15, 0.2) is 36.1 Å². The van der Waals surface area contributed by atoms with Gasteiger partial charge in [0.25, 0.3) is 0 Å². The van der Waals surface area contributed by atoms with Crippen molar-refractivity contribution < 1.29 is 19.0 Å². The molecule has 3 atom stereocenters. The molecule has 150 valence electrons. The summed E-state index contributed by atoms with van der Waals surface area (Å²) in [6.45, 7) is 17.0. The first-order chi connectivity index (χ1) is 12.0. The van der Waals surface area contributed by atoms with E-state index in [1.807, 2.05) is 6.08 Å². The number of ether oxygens (including phenoxy) is 2. The summed E-state index contributed by atoms with van der Waals surface area (Å²) in [5.41, 5.74) is 1.27. The second-order valence-electron chi connectivity index (χ2n) is 8.62. The molecule has 1 rings (SSSR count). The van der Waals surface area contributed by atoms with E-state index >= 15 is 0 Å². The maximum atomic E-state index is 10.0. The normalized spacial score (nSPS) is 28.4. The Morgan fingerprint density at radius 1 is 1.42 bits per heavy atom. The van der Waals surface area contributed by atoms with E-state index in [0.717, 1.165) is 19.3 Å². The van der Waals surface area contributed by atoms with Crippen LogP contribution >= 0.6 is 0 Å². The highest BCUT2D eigenvalue weighted by Gasteiger charge is 2.41. The number of allylic oxidation sites excluding steroid dienone is 2. The molecule has 0 bridgehead atoms. The minimum atomic E-state index is -1.96. The zero-order chi connectivity index (χ0) is 20.0. The lowest BCUT2D eigenvalue weighted by atomic mass is 10.1. The molecule has 1 aliphatic rings.